The minimum absolute atomic E-state index is 0.141. The topological polar surface area (TPSA) is 50.7 Å². The number of benzene rings is 2. The van der Waals surface area contributed by atoms with E-state index in [0.29, 0.717) is 28.3 Å². The molecule has 0 aliphatic carbocycles. The molecule has 0 atom stereocenters. The lowest BCUT2D eigenvalue weighted by Crippen LogP contribution is -2.08. The van der Waals surface area contributed by atoms with Gasteiger partial charge in [0.1, 0.15) is 17.5 Å². The molecule has 0 radical (unpaired) electrons. The first-order valence-corrected chi connectivity index (χ1v) is 11.4. The van der Waals surface area contributed by atoms with Crippen LogP contribution in [0.1, 0.15) is 44.3 Å². The summed E-state index contributed by atoms with van der Waals surface area (Å²) in [5, 5.41) is 9.82. The van der Waals surface area contributed by atoms with E-state index in [-0.39, 0.29) is 16.8 Å². The van der Waals surface area contributed by atoms with E-state index in [0.717, 1.165) is 17.8 Å². The first kappa shape index (κ1) is 25.7. The molecule has 0 fully saturated rings. The second kappa shape index (κ2) is 9.58. The van der Waals surface area contributed by atoms with Crippen LogP contribution in [-0.4, -0.2) is 14.9 Å². The monoisotopic (exact) mass is 505 g/mol. The summed E-state index contributed by atoms with van der Waals surface area (Å²) in [6.45, 7) is 6.87. The number of alkyl halides is 3. The number of halogens is 4. The van der Waals surface area contributed by atoms with E-state index in [9.17, 15) is 27.6 Å². The van der Waals surface area contributed by atoms with Crippen molar-refractivity contribution in [3.05, 3.63) is 112 Å². The summed E-state index contributed by atoms with van der Waals surface area (Å²) < 4.78 is 57.4. The summed E-state index contributed by atoms with van der Waals surface area (Å²) >= 11 is 0. The highest BCUT2D eigenvalue weighted by atomic mass is 19.4. The van der Waals surface area contributed by atoms with Gasteiger partial charge in [-0.3, -0.25) is 4.79 Å². The zero-order valence-corrected chi connectivity index (χ0v) is 20.6. The Morgan fingerprint density at radius 3 is 2.22 bits per heavy atom. The Morgan fingerprint density at radius 1 is 0.892 bits per heavy atom. The Morgan fingerprint density at radius 2 is 1.57 bits per heavy atom. The summed E-state index contributed by atoms with van der Waals surface area (Å²) in [5.74, 6) is -0.956. The Kier molecular flexibility index (Phi) is 6.66. The lowest BCUT2D eigenvalue weighted by Gasteiger charge is -2.13. The van der Waals surface area contributed by atoms with Gasteiger partial charge in [-0.15, -0.1) is 0 Å². The third kappa shape index (κ3) is 4.73. The number of carbonyl (C=O) groups excluding carboxylic acids is 1. The van der Waals surface area contributed by atoms with Crippen LogP contribution in [-0.2, 0) is 6.18 Å². The minimum atomic E-state index is -4.50. The number of ketones is 1. The van der Waals surface area contributed by atoms with Crippen molar-refractivity contribution in [2.24, 2.45) is 0 Å². The lowest BCUT2D eigenvalue weighted by atomic mass is 10.0. The van der Waals surface area contributed by atoms with Gasteiger partial charge in [0.05, 0.1) is 11.3 Å². The molecule has 0 amide bonds. The first-order valence-electron chi connectivity index (χ1n) is 11.4. The number of hydrogen-bond acceptors (Lipinski definition) is 2. The number of hydrogen-bond donors (Lipinski definition) is 0. The largest absolute Gasteiger partial charge is 0.416 e. The number of rotatable bonds is 5. The third-order valence-electron chi connectivity index (χ3n) is 6.34. The number of para-hydroxylation sites is 1. The van der Waals surface area contributed by atoms with Crippen LogP contribution in [0.3, 0.4) is 0 Å². The van der Waals surface area contributed by atoms with Crippen LogP contribution in [0.2, 0.25) is 0 Å². The molecule has 0 aliphatic rings. The van der Waals surface area contributed by atoms with Crippen molar-refractivity contribution in [3.8, 4) is 17.4 Å². The molecule has 2 aromatic heterocycles. The smallest absolute Gasteiger partial charge is 0.318 e. The Hall–Kier alpha value is -4.38. The van der Waals surface area contributed by atoms with E-state index in [4.69, 9.17) is 0 Å². The Balaban J connectivity index is 1.76. The number of aromatic nitrogens is 2. The molecule has 0 saturated heterocycles. The quantitative estimate of drug-likeness (QED) is 0.122. The molecular weight excluding hydrogens is 482 g/mol. The third-order valence-corrected chi connectivity index (χ3v) is 6.34. The second-order valence-electron chi connectivity index (χ2n) is 8.78. The van der Waals surface area contributed by atoms with Crippen molar-refractivity contribution in [2.45, 2.75) is 33.9 Å². The molecular formula is C29H23F4N3O. The molecule has 188 valence electrons. The molecule has 4 aromatic rings. The van der Waals surface area contributed by atoms with E-state index in [1.165, 1.54) is 24.3 Å². The van der Waals surface area contributed by atoms with Gasteiger partial charge in [-0.25, -0.2) is 4.39 Å². The summed E-state index contributed by atoms with van der Waals surface area (Å²) in [6, 6.07) is 16.4. The van der Waals surface area contributed by atoms with E-state index in [1.807, 2.05) is 6.07 Å². The molecule has 0 saturated carbocycles. The van der Waals surface area contributed by atoms with E-state index in [1.54, 1.807) is 67.2 Å². The zero-order chi connectivity index (χ0) is 27.1. The van der Waals surface area contributed by atoms with Crippen LogP contribution in [0.15, 0.2) is 66.2 Å². The lowest BCUT2D eigenvalue weighted by molar-refractivity contribution is -0.137. The maximum Gasteiger partial charge on any atom is 0.416 e. The Bertz CT molecular complexity index is 1600. The van der Waals surface area contributed by atoms with Crippen LogP contribution in [0, 0.1) is 44.8 Å². The second-order valence-corrected chi connectivity index (χ2v) is 8.78. The fourth-order valence-electron chi connectivity index (χ4n) is 4.60. The van der Waals surface area contributed by atoms with Gasteiger partial charge in [0.2, 0.25) is 5.78 Å². The summed E-state index contributed by atoms with van der Waals surface area (Å²) in [5.41, 5.74) is 2.81. The molecule has 4 rings (SSSR count). The molecule has 0 aliphatic heterocycles. The van der Waals surface area contributed by atoms with Gasteiger partial charge < -0.3 is 9.13 Å². The minimum Gasteiger partial charge on any atom is -0.318 e. The molecule has 2 aromatic carbocycles. The van der Waals surface area contributed by atoms with Gasteiger partial charge in [-0.1, -0.05) is 18.2 Å². The predicted octanol–water partition coefficient (Wildman–Crippen LogP) is 7.45. The summed E-state index contributed by atoms with van der Waals surface area (Å²) in [6.07, 6.45) is -3.05. The molecule has 4 nitrogen and oxygen atoms in total. The normalized spacial score (nSPS) is 12.0. The fraction of sp³-hybridized carbons (Fsp3) is 0.172. The van der Waals surface area contributed by atoms with Gasteiger partial charge in [0, 0.05) is 34.0 Å². The van der Waals surface area contributed by atoms with E-state index in [2.05, 4.69) is 0 Å². The molecule has 37 heavy (non-hydrogen) atoms. The molecule has 2 heterocycles. The van der Waals surface area contributed by atoms with E-state index >= 15 is 0 Å². The number of aryl methyl sites for hydroxylation is 2. The number of carbonyl (C=O) groups is 1. The summed E-state index contributed by atoms with van der Waals surface area (Å²) in [7, 11) is 0. The highest BCUT2D eigenvalue weighted by Crippen LogP contribution is 2.32. The molecule has 0 spiro atoms. The predicted molar refractivity (Wildman–Crippen MR) is 133 cm³/mol. The van der Waals surface area contributed by atoms with Crippen LogP contribution in [0.25, 0.3) is 17.5 Å². The molecule has 0 bridgehead atoms. The standard InChI is InChI=1S/C29H23F4N3O/c1-17-12-21(19(3)36(17)27-11-6-5-10-26(27)30)14-22(16-34)28(37)25-13-18(2)35(20(25)4)24-9-7-8-23(15-24)29(31,32)33/h5-15H,1-4H3/b22-14-. The van der Waals surface area contributed by atoms with Crippen LogP contribution >= 0.6 is 0 Å². The van der Waals surface area contributed by atoms with E-state index < -0.39 is 23.3 Å². The first-order chi connectivity index (χ1) is 17.4. The van der Waals surface area contributed by atoms with Crippen LogP contribution in [0.5, 0.6) is 0 Å². The molecule has 0 unspecified atom stereocenters. The molecule has 8 heteroatoms. The number of nitrogens with zero attached hydrogens (tertiary/aromatic N) is 3. The fourth-order valence-corrected chi connectivity index (χ4v) is 4.60. The SMILES string of the molecule is Cc1cc(C(=O)/C(C#N)=C\c2cc(C)n(-c3ccccc3F)c2C)c(C)n1-c1cccc(C(F)(F)F)c1. The van der Waals surface area contributed by atoms with Crippen molar-refractivity contribution in [1.82, 2.24) is 9.13 Å². The average molecular weight is 506 g/mol. The molecule has 0 N–H and O–H groups in total. The highest BCUT2D eigenvalue weighted by Gasteiger charge is 2.31. The van der Waals surface area contributed by atoms with Gasteiger partial charge in [-0.05, 0) is 81.8 Å². The van der Waals surface area contributed by atoms with Crippen molar-refractivity contribution in [3.63, 3.8) is 0 Å². The Labute approximate surface area is 211 Å². The van der Waals surface area contributed by atoms with Gasteiger partial charge >= 0.3 is 6.18 Å². The van der Waals surface area contributed by atoms with Crippen LogP contribution in [0.4, 0.5) is 17.6 Å². The van der Waals surface area contributed by atoms with Gasteiger partial charge in [0.25, 0.3) is 0 Å². The van der Waals surface area contributed by atoms with Crippen molar-refractivity contribution in [2.75, 3.05) is 0 Å². The number of nitriles is 1. The number of allylic oxidation sites excluding steroid dienone is 1. The van der Waals surface area contributed by atoms with Gasteiger partial charge in [-0.2, -0.15) is 18.4 Å². The maximum atomic E-state index is 14.4. The number of Topliss-reactive ketones (excluding diaryl/α,β-unsaturated/α-hetero) is 1. The highest BCUT2D eigenvalue weighted by molar-refractivity contribution is 6.15. The van der Waals surface area contributed by atoms with Crippen molar-refractivity contribution >= 4 is 11.9 Å². The average Bonchev–Trinajstić information content (AvgIpc) is 3.30. The van der Waals surface area contributed by atoms with Crippen molar-refractivity contribution in [1.29, 1.82) is 5.26 Å². The van der Waals surface area contributed by atoms with Crippen molar-refractivity contribution < 1.29 is 22.4 Å². The van der Waals surface area contributed by atoms with Crippen LogP contribution < -0.4 is 0 Å². The van der Waals surface area contributed by atoms with Gasteiger partial charge in [0.15, 0.2) is 0 Å². The zero-order valence-electron chi connectivity index (χ0n) is 20.6. The maximum absolute atomic E-state index is 14.4. The summed E-state index contributed by atoms with van der Waals surface area (Å²) in [4.78, 5) is 13.4.